The van der Waals surface area contributed by atoms with Gasteiger partial charge < -0.3 is 9.80 Å². The number of likely N-dealkylation sites (tertiary alicyclic amines) is 1. The summed E-state index contributed by atoms with van der Waals surface area (Å²) in [5.74, 6) is -1.40. The van der Waals surface area contributed by atoms with Gasteiger partial charge in [0.15, 0.2) is 0 Å². The molecule has 0 unspecified atom stereocenters. The van der Waals surface area contributed by atoms with Crippen LogP contribution in [-0.4, -0.2) is 60.4 Å². The average Bonchev–Trinajstić information content (AvgIpc) is 3.10. The van der Waals surface area contributed by atoms with Gasteiger partial charge in [-0.25, -0.2) is 8.78 Å². The van der Waals surface area contributed by atoms with E-state index in [1.54, 1.807) is 34.1 Å². The second kappa shape index (κ2) is 6.98. The van der Waals surface area contributed by atoms with E-state index in [1.807, 2.05) is 11.9 Å². The van der Waals surface area contributed by atoms with Crippen LogP contribution in [0.3, 0.4) is 0 Å². The molecule has 7 heteroatoms. The molecule has 0 aromatic heterocycles. The molecule has 146 valence electrons. The second-order valence-electron chi connectivity index (χ2n) is 7.50. The molecule has 2 amide bonds. The number of halogens is 2. The molecule has 2 fully saturated rings. The van der Waals surface area contributed by atoms with Crippen molar-refractivity contribution < 1.29 is 18.4 Å². The molecule has 0 aliphatic carbocycles. The first-order valence-electron chi connectivity index (χ1n) is 9.21. The van der Waals surface area contributed by atoms with Crippen molar-refractivity contribution in [2.75, 3.05) is 38.1 Å². The molecule has 0 saturated carbocycles. The molecule has 2 aromatic carbocycles. The van der Waals surface area contributed by atoms with Crippen LogP contribution in [0.4, 0.5) is 14.5 Å². The Labute approximate surface area is 162 Å². The van der Waals surface area contributed by atoms with Gasteiger partial charge in [0.05, 0.1) is 17.6 Å². The summed E-state index contributed by atoms with van der Waals surface area (Å²) < 4.78 is 27.7. The molecule has 1 atom stereocenters. The van der Waals surface area contributed by atoms with Crippen molar-refractivity contribution in [2.45, 2.75) is 12.0 Å². The SMILES string of the molecule is CN1CC(=O)N(c2cccc(F)c2)C[C@@]12CCN(C(=O)c1ccccc1F)C2. The standard InChI is InChI=1S/C21H21F2N3O2/c1-24-12-19(27)26(16-6-4-5-15(22)11-16)14-21(24)9-10-25(13-21)20(28)17-7-2-3-8-18(17)23/h2-8,11H,9-10,12-14H2,1H3/t21-/m0/s1. The third-order valence-electron chi connectivity index (χ3n) is 5.78. The Morgan fingerprint density at radius 2 is 1.86 bits per heavy atom. The highest BCUT2D eigenvalue weighted by molar-refractivity contribution is 5.97. The maximum atomic E-state index is 14.0. The van der Waals surface area contributed by atoms with Crippen molar-refractivity contribution >= 4 is 17.5 Å². The van der Waals surface area contributed by atoms with Crippen molar-refractivity contribution in [3.8, 4) is 0 Å². The van der Waals surface area contributed by atoms with Gasteiger partial charge in [0.1, 0.15) is 11.6 Å². The predicted molar refractivity (Wildman–Crippen MR) is 101 cm³/mol. The zero-order valence-electron chi connectivity index (χ0n) is 15.6. The number of likely N-dealkylation sites (N-methyl/N-ethyl adjacent to an activating group) is 1. The number of amides is 2. The van der Waals surface area contributed by atoms with Gasteiger partial charge in [0.25, 0.3) is 5.91 Å². The van der Waals surface area contributed by atoms with Crippen LogP contribution in [0.5, 0.6) is 0 Å². The maximum Gasteiger partial charge on any atom is 0.256 e. The van der Waals surface area contributed by atoms with Crippen LogP contribution in [0.25, 0.3) is 0 Å². The van der Waals surface area contributed by atoms with Crippen LogP contribution in [-0.2, 0) is 4.79 Å². The minimum atomic E-state index is -0.540. The van der Waals surface area contributed by atoms with Crippen molar-refractivity contribution in [1.82, 2.24) is 9.80 Å². The lowest BCUT2D eigenvalue weighted by Gasteiger charge is -2.46. The Kier molecular flexibility index (Phi) is 4.63. The Bertz CT molecular complexity index is 935. The highest BCUT2D eigenvalue weighted by Crippen LogP contribution is 2.34. The number of benzene rings is 2. The monoisotopic (exact) mass is 385 g/mol. The fourth-order valence-electron chi connectivity index (χ4n) is 4.11. The summed E-state index contributed by atoms with van der Waals surface area (Å²) in [6, 6.07) is 11.9. The first kappa shape index (κ1) is 18.6. The van der Waals surface area contributed by atoms with Crippen LogP contribution in [0.15, 0.2) is 48.5 Å². The highest BCUT2D eigenvalue weighted by Gasteiger charge is 2.48. The van der Waals surface area contributed by atoms with E-state index < -0.39 is 17.2 Å². The molecule has 0 bridgehead atoms. The molecule has 5 nitrogen and oxygen atoms in total. The minimum Gasteiger partial charge on any atom is -0.337 e. The molecular weight excluding hydrogens is 364 g/mol. The Morgan fingerprint density at radius 1 is 1.07 bits per heavy atom. The van der Waals surface area contributed by atoms with E-state index in [2.05, 4.69) is 0 Å². The van der Waals surface area contributed by atoms with E-state index in [0.29, 0.717) is 31.7 Å². The number of carbonyl (C=O) groups excluding carboxylic acids is 2. The fourth-order valence-corrected chi connectivity index (χ4v) is 4.11. The third-order valence-corrected chi connectivity index (χ3v) is 5.78. The predicted octanol–water partition coefficient (Wildman–Crippen LogP) is 2.53. The van der Waals surface area contributed by atoms with E-state index in [9.17, 15) is 18.4 Å². The zero-order chi connectivity index (χ0) is 19.9. The summed E-state index contributed by atoms with van der Waals surface area (Å²) in [4.78, 5) is 30.5. The van der Waals surface area contributed by atoms with Crippen LogP contribution in [0.1, 0.15) is 16.8 Å². The number of hydrogen-bond donors (Lipinski definition) is 0. The molecular formula is C21H21F2N3O2. The average molecular weight is 385 g/mol. The smallest absolute Gasteiger partial charge is 0.256 e. The summed E-state index contributed by atoms with van der Waals surface area (Å²) >= 11 is 0. The number of anilines is 1. The van der Waals surface area contributed by atoms with E-state index in [4.69, 9.17) is 0 Å². The van der Waals surface area contributed by atoms with E-state index in [-0.39, 0.29) is 23.9 Å². The van der Waals surface area contributed by atoms with E-state index >= 15 is 0 Å². The number of piperazine rings is 1. The third kappa shape index (κ3) is 3.16. The molecule has 4 rings (SSSR count). The van der Waals surface area contributed by atoms with Crippen LogP contribution in [0.2, 0.25) is 0 Å². The van der Waals surface area contributed by atoms with Gasteiger partial charge in [0.2, 0.25) is 5.91 Å². The number of carbonyl (C=O) groups is 2. The molecule has 2 aliphatic rings. The van der Waals surface area contributed by atoms with Crippen molar-refractivity contribution in [3.63, 3.8) is 0 Å². The molecule has 2 aliphatic heterocycles. The van der Waals surface area contributed by atoms with E-state index in [1.165, 1.54) is 24.3 Å². The quantitative estimate of drug-likeness (QED) is 0.798. The highest BCUT2D eigenvalue weighted by atomic mass is 19.1. The first-order chi connectivity index (χ1) is 13.4. The van der Waals surface area contributed by atoms with Crippen molar-refractivity contribution in [2.24, 2.45) is 0 Å². The summed E-state index contributed by atoms with van der Waals surface area (Å²) in [5, 5.41) is 0. The molecule has 28 heavy (non-hydrogen) atoms. The summed E-state index contributed by atoms with van der Waals surface area (Å²) in [5.41, 5.74) is 0.119. The lowest BCUT2D eigenvalue weighted by atomic mass is 9.92. The van der Waals surface area contributed by atoms with Crippen LogP contribution in [0, 0.1) is 11.6 Å². The minimum absolute atomic E-state index is 0.0519. The maximum absolute atomic E-state index is 14.0. The topological polar surface area (TPSA) is 43.9 Å². The van der Waals surface area contributed by atoms with Crippen molar-refractivity contribution in [3.05, 3.63) is 65.7 Å². The molecule has 2 saturated heterocycles. The number of nitrogens with zero attached hydrogens (tertiary/aromatic N) is 3. The van der Waals surface area contributed by atoms with E-state index in [0.717, 1.165) is 0 Å². The fraction of sp³-hybridized carbons (Fsp3) is 0.333. The van der Waals surface area contributed by atoms with Gasteiger partial charge in [-0.05, 0) is 43.8 Å². The lowest BCUT2D eigenvalue weighted by molar-refractivity contribution is -0.123. The Balaban J connectivity index is 1.58. The zero-order valence-corrected chi connectivity index (χ0v) is 15.6. The van der Waals surface area contributed by atoms with Crippen LogP contribution >= 0.6 is 0 Å². The lowest BCUT2D eigenvalue weighted by Crippen LogP contribution is -2.64. The number of hydrogen-bond acceptors (Lipinski definition) is 3. The molecule has 0 radical (unpaired) electrons. The Hall–Kier alpha value is -2.80. The van der Waals surface area contributed by atoms with Gasteiger partial charge in [0, 0.05) is 25.3 Å². The number of rotatable bonds is 2. The molecule has 2 aromatic rings. The summed E-state index contributed by atoms with van der Waals surface area (Å²) in [6.07, 6.45) is 0.656. The first-order valence-corrected chi connectivity index (χ1v) is 9.21. The van der Waals surface area contributed by atoms with Gasteiger partial charge in [-0.1, -0.05) is 18.2 Å². The van der Waals surface area contributed by atoms with Gasteiger partial charge in [-0.15, -0.1) is 0 Å². The summed E-state index contributed by atoms with van der Waals surface area (Å²) in [6.45, 7) is 1.39. The van der Waals surface area contributed by atoms with Crippen LogP contribution < -0.4 is 4.90 Å². The largest absolute Gasteiger partial charge is 0.337 e. The normalized spacial score (nSPS) is 22.9. The van der Waals surface area contributed by atoms with Gasteiger partial charge in [-0.3, -0.25) is 14.5 Å². The van der Waals surface area contributed by atoms with Crippen molar-refractivity contribution in [1.29, 1.82) is 0 Å². The Morgan fingerprint density at radius 3 is 2.61 bits per heavy atom. The molecule has 1 spiro atoms. The summed E-state index contributed by atoms with van der Waals surface area (Å²) in [7, 11) is 1.86. The second-order valence-corrected chi connectivity index (χ2v) is 7.50. The van der Waals surface area contributed by atoms with Gasteiger partial charge in [-0.2, -0.15) is 0 Å². The van der Waals surface area contributed by atoms with Gasteiger partial charge >= 0.3 is 0 Å². The molecule has 2 heterocycles. The molecule has 0 N–H and O–H groups in total.